The highest BCUT2D eigenvalue weighted by atomic mass is 19.4. The maximum absolute atomic E-state index is 13.7. The van der Waals surface area contributed by atoms with Crippen molar-refractivity contribution in [1.29, 1.82) is 0 Å². The number of ether oxygens (including phenoxy) is 1. The third-order valence-electron chi connectivity index (χ3n) is 4.90. The molecule has 1 unspecified atom stereocenters. The van der Waals surface area contributed by atoms with Crippen molar-refractivity contribution in [3.63, 3.8) is 0 Å². The quantitative estimate of drug-likeness (QED) is 0.616. The lowest BCUT2D eigenvalue weighted by molar-refractivity contribution is -0.142. The molecule has 0 amide bonds. The number of nitrogens with zero attached hydrogens (tertiary/aromatic N) is 2. The molecule has 30 heavy (non-hydrogen) atoms. The number of esters is 1. The van der Waals surface area contributed by atoms with Crippen LogP contribution in [0.4, 0.5) is 19.0 Å². The van der Waals surface area contributed by atoms with Gasteiger partial charge < -0.3 is 10.1 Å². The Hall–Kier alpha value is -3.55. The standard InChI is InChI=1S/C22H18F3N3O2/c1-14-19(21(29)30-13-15-7-3-2-4-8-15)20(28-18(27-14)11-12-26-28)16-9-5-6-10-17(16)22(23,24)25/h2-12,20,27H,13H2,1H3. The number of anilines is 1. The topological polar surface area (TPSA) is 56.2 Å². The molecule has 0 aliphatic carbocycles. The summed E-state index contributed by atoms with van der Waals surface area (Å²) in [5.41, 5.74) is 0.392. The first-order valence-electron chi connectivity index (χ1n) is 9.24. The van der Waals surface area contributed by atoms with Crippen molar-refractivity contribution < 1.29 is 22.7 Å². The van der Waals surface area contributed by atoms with E-state index < -0.39 is 23.8 Å². The van der Waals surface area contributed by atoms with Crippen molar-refractivity contribution in [1.82, 2.24) is 9.78 Å². The average molecular weight is 413 g/mol. The van der Waals surface area contributed by atoms with Crippen LogP contribution in [0, 0.1) is 0 Å². The van der Waals surface area contributed by atoms with Gasteiger partial charge in [0.2, 0.25) is 0 Å². The van der Waals surface area contributed by atoms with E-state index in [1.54, 1.807) is 25.1 Å². The number of hydrogen-bond acceptors (Lipinski definition) is 4. The number of carbonyl (C=O) groups excluding carboxylic acids is 1. The third-order valence-corrected chi connectivity index (χ3v) is 4.90. The molecular weight excluding hydrogens is 395 g/mol. The lowest BCUT2D eigenvalue weighted by atomic mass is 9.91. The van der Waals surface area contributed by atoms with Crippen LogP contribution in [0.3, 0.4) is 0 Å². The summed E-state index contributed by atoms with van der Waals surface area (Å²) >= 11 is 0. The molecule has 1 N–H and O–H groups in total. The summed E-state index contributed by atoms with van der Waals surface area (Å²) < 4.78 is 48.0. The molecule has 4 rings (SSSR count). The van der Waals surface area contributed by atoms with Crippen molar-refractivity contribution in [3.8, 4) is 0 Å². The van der Waals surface area contributed by atoms with Gasteiger partial charge >= 0.3 is 12.1 Å². The van der Waals surface area contributed by atoms with Crippen LogP contribution < -0.4 is 5.32 Å². The van der Waals surface area contributed by atoms with Crippen LogP contribution in [-0.4, -0.2) is 15.7 Å². The Balaban J connectivity index is 1.76. The molecular formula is C22H18F3N3O2. The number of rotatable bonds is 4. The Labute approximate surface area is 170 Å². The highest BCUT2D eigenvalue weighted by molar-refractivity contribution is 5.92. The molecule has 5 nitrogen and oxygen atoms in total. The van der Waals surface area contributed by atoms with Gasteiger partial charge in [-0.05, 0) is 24.1 Å². The number of benzene rings is 2. The first-order valence-corrected chi connectivity index (χ1v) is 9.24. The Bertz CT molecular complexity index is 1100. The van der Waals surface area contributed by atoms with Crippen molar-refractivity contribution in [2.24, 2.45) is 0 Å². The lowest BCUT2D eigenvalue weighted by Gasteiger charge is -2.30. The number of fused-ring (bicyclic) bond motifs is 1. The summed E-state index contributed by atoms with van der Waals surface area (Å²) in [6.07, 6.45) is -3.11. The van der Waals surface area contributed by atoms with E-state index in [0.29, 0.717) is 11.5 Å². The van der Waals surface area contributed by atoms with Gasteiger partial charge in [-0.2, -0.15) is 18.3 Å². The number of aromatic nitrogens is 2. The largest absolute Gasteiger partial charge is 0.457 e. The van der Waals surface area contributed by atoms with Gasteiger partial charge in [-0.3, -0.25) is 0 Å². The Kier molecular flexibility index (Phi) is 5.07. The van der Waals surface area contributed by atoms with E-state index in [1.807, 2.05) is 18.2 Å². The summed E-state index contributed by atoms with van der Waals surface area (Å²) in [7, 11) is 0. The van der Waals surface area contributed by atoms with E-state index in [0.717, 1.165) is 11.6 Å². The van der Waals surface area contributed by atoms with Gasteiger partial charge in [-0.1, -0.05) is 48.5 Å². The maximum atomic E-state index is 13.7. The van der Waals surface area contributed by atoms with Crippen LogP contribution >= 0.6 is 0 Å². The molecule has 0 fully saturated rings. The van der Waals surface area contributed by atoms with Crippen LogP contribution in [-0.2, 0) is 22.3 Å². The van der Waals surface area contributed by atoms with Crippen LogP contribution in [0.15, 0.2) is 78.1 Å². The zero-order valence-corrected chi connectivity index (χ0v) is 16.0. The van der Waals surface area contributed by atoms with Crippen LogP contribution in [0.1, 0.15) is 29.7 Å². The van der Waals surface area contributed by atoms with Crippen molar-refractivity contribution >= 4 is 11.8 Å². The molecule has 8 heteroatoms. The molecule has 0 saturated carbocycles. The van der Waals surface area contributed by atoms with Crippen molar-refractivity contribution in [2.45, 2.75) is 25.7 Å². The molecule has 0 bridgehead atoms. The van der Waals surface area contributed by atoms with Crippen LogP contribution in [0.25, 0.3) is 0 Å². The fourth-order valence-corrected chi connectivity index (χ4v) is 3.55. The van der Waals surface area contributed by atoms with Gasteiger partial charge in [-0.15, -0.1) is 0 Å². The number of alkyl halides is 3. The second-order valence-electron chi connectivity index (χ2n) is 6.87. The minimum Gasteiger partial charge on any atom is -0.457 e. The highest BCUT2D eigenvalue weighted by Crippen LogP contribution is 2.42. The number of hydrogen-bond donors (Lipinski definition) is 1. The zero-order chi connectivity index (χ0) is 21.3. The average Bonchev–Trinajstić information content (AvgIpc) is 3.19. The monoisotopic (exact) mass is 413 g/mol. The van der Waals surface area contributed by atoms with Gasteiger partial charge in [0.15, 0.2) is 0 Å². The summed E-state index contributed by atoms with van der Waals surface area (Å²) in [5, 5.41) is 7.19. The van der Waals surface area contributed by atoms with Gasteiger partial charge in [-0.25, -0.2) is 9.48 Å². The molecule has 1 aliphatic heterocycles. The summed E-state index contributed by atoms with van der Waals surface area (Å²) in [6.45, 7) is 1.65. The number of carbonyl (C=O) groups is 1. The molecule has 154 valence electrons. The second-order valence-corrected chi connectivity index (χ2v) is 6.87. The van der Waals surface area contributed by atoms with Gasteiger partial charge in [0.25, 0.3) is 0 Å². The SMILES string of the molecule is CC1=C(C(=O)OCc2ccccc2)C(c2ccccc2C(F)(F)F)n2nccc2N1. The first kappa shape index (κ1) is 19.8. The predicted molar refractivity (Wildman–Crippen MR) is 104 cm³/mol. The van der Waals surface area contributed by atoms with E-state index in [2.05, 4.69) is 10.4 Å². The normalized spacial score (nSPS) is 16.1. The molecule has 3 aromatic rings. The number of allylic oxidation sites excluding steroid dienone is 1. The van der Waals surface area contributed by atoms with Gasteiger partial charge in [0.1, 0.15) is 18.5 Å². The lowest BCUT2D eigenvalue weighted by Crippen LogP contribution is -2.30. The van der Waals surface area contributed by atoms with E-state index in [4.69, 9.17) is 4.74 Å². The second kappa shape index (κ2) is 7.70. The van der Waals surface area contributed by atoms with Crippen molar-refractivity contribution in [3.05, 3.63) is 94.8 Å². The summed E-state index contributed by atoms with van der Waals surface area (Å²) in [4.78, 5) is 13.0. The highest BCUT2D eigenvalue weighted by Gasteiger charge is 2.40. The molecule has 0 radical (unpaired) electrons. The smallest absolute Gasteiger partial charge is 0.416 e. The predicted octanol–water partition coefficient (Wildman–Crippen LogP) is 4.93. The third kappa shape index (κ3) is 3.68. The molecule has 1 aromatic heterocycles. The zero-order valence-electron chi connectivity index (χ0n) is 16.0. The van der Waals surface area contributed by atoms with Crippen molar-refractivity contribution in [2.75, 3.05) is 5.32 Å². The first-order chi connectivity index (χ1) is 14.4. The Morgan fingerprint density at radius 3 is 2.53 bits per heavy atom. The minimum atomic E-state index is -4.58. The molecule has 1 aliphatic rings. The summed E-state index contributed by atoms with van der Waals surface area (Å²) in [5.74, 6) is -0.207. The fourth-order valence-electron chi connectivity index (χ4n) is 3.55. The van der Waals surface area contributed by atoms with Crippen LogP contribution in [0.5, 0.6) is 0 Å². The maximum Gasteiger partial charge on any atom is 0.416 e. The molecule has 1 atom stereocenters. The van der Waals surface area contributed by atoms with E-state index in [-0.39, 0.29) is 17.7 Å². The fraction of sp³-hybridized carbons (Fsp3) is 0.182. The van der Waals surface area contributed by atoms with Crippen LogP contribution in [0.2, 0.25) is 0 Å². The molecule has 0 saturated heterocycles. The van der Waals surface area contributed by atoms with Gasteiger partial charge in [0, 0.05) is 11.8 Å². The minimum absolute atomic E-state index is 0.00998. The van der Waals surface area contributed by atoms with E-state index in [9.17, 15) is 18.0 Å². The van der Waals surface area contributed by atoms with Gasteiger partial charge in [0.05, 0.1) is 17.3 Å². The molecule has 0 spiro atoms. The van der Waals surface area contributed by atoms with E-state index >= 15 is 0 Å². The van der Waals surface area contributed by atoms with E-state index in [1.165, 1.54) is 29.1 Å². The Morgan fingerprint density at radius 2 is 1.80 bits per heavy atom. The molecule has 2 heterocycles. The molecule has 2 aromatic carbocycles. The summed E-state index contributed by atoms with van der Waals surface area (Å²) in [6, 6.07) is 14.8. The Morgan fingerprint density at radius 1 is 1.10 bits per heavy atom. The number of halogens is 3. The number of nitrogens with one attached hydrogen (secondary N) is 1.